The van der Waals surface area contributed by atoms with Gasteiger partial charge in [0.2, 0.25) is 29.5 Å². The van der Waals surface area contributed by atoms with Crippen LogP contribution in [0.4, 0.5) is 0 Å². The first-order valence-electron chi connectivity index (χ1n) is 18.7. The Bertz CT molecular complexity index is 1710. The molecular weight excluding hydrogens is 1210 g/mol. The van der Waals surface area contributed by atoms with Gasteiger partial charge >= 0.3 is 48.2 Å². The van der Waals surface area contributed by atoms with Crippen LogP contribution in [0.25, 0.3) is 0 Å². The summed E-state index contributed by atoms with van der Waals surface area (Å²) in [5.74, 6) is -6.10. The fourth-order valence-electron chi connectivity index (χ4n) is 3.56. The summed E-state index contributed by atoms with van der Waals surface area (Å²) >= 11 is 3.85. The zero-order valence-corrected chi connectivity index (χ0v) is 43.5. The second kappa shape index (κ2) is 53.1. The van der Waals surface area contributed by atoms with Crippen molar-refractivity contribution >= 4 is 82.0 Å². The van der Waals surface area contributed by atoms with Gasteiger partial charge in [-0.3, -0.25) is 43.2 Å². The molecule has 0 fully saturated rings. The molecule has 13 N–H and O–H groups in total. The van der Waals surface area contributed by atoms with Gasteiger partial charge in [-0.05, 0) is 16.1 Å². The maximum absolute atomic E-state index is 11.8. The molecule has 25 nitrogen and oxygen atoms in total. The molecule has 0 aliphatic heterocycles. The topological polar surface area (TPSA) is 414 Å². The van der Waals surface area contributed by atoms with E-state index in [0.29, 0.717) is 13.1 Å². The van der Waals surface area contributed by atoms with Gasteiger partial charge in [0.15, 0.2) is 0 Å². The molecule has 2 aromatic rings. The molecule has 0 saturated heterocycles. The number of carboxylic acids is 3. The van der Waals surface area contributed by atoms with Crippen LogP contribution in [0.5, 0.6) is 0 Å². The van der Waals surface area contributed by atoms with Crippen LogP contribution in [0, 0.1) is 0 Å². The van der Waals surface area contributed by atoms with Gasteiger partial charge in [-0.25, -0.2) is 4.79 Å². The predicted molar refractivity (Wildman–Crippen MR) is 242 cm³/mol. The molecule has 0 spiro atoms. The number of carbonyl (C=O) groups is 10. The number of carbonyl (C=O) groups excluding carboxylic acids is 7. The normalized spacial score (nSPS) is 10.5. The van der Waals surface area contributed by atoms with E-state index < -0.39 is 85.6 Å². The number of nitrogens with two attached hydrogens (primary N) is 1. The third-order valence-electron chi connectivity index (χ3n) is 6.18. The van der Waals surface area contributed by atoms with Crippen molar-refractivity contribution in [2.24, 2.45) is 5.73 Å². The first kappa shape index (κ1) is 77.4. The van der Waals surface area contributed by atoms with Crippen LogP contribution in [0.15, 0.2) is 60.7 Å². The molecule has 1 radical (unpaired) electrons. The van der Waals surface area contributed by atoms with E-state index in [2.05, 4.69) is 48.6 Å². The SMILES string of the molecule is CC(=O)N[C@H](CO)C(=O)NCc1ccccc1.CC(=O)N[C@H](CO)C(=O)O.CC(=O)O.CC(=O)OC(C)=O.CI.COC[C@@H](NC(C)=O)C(=O)NCc1ccccc1.N[C@H](CO)C(=O)O.[Ag].[O]=[Ag]. The van der Waals surface area contributed by atoms with Crippen molar-refractivity contribution in [2.75, 3.05) is 38.5 Å². The second-order valence-electron chi connectivity index (χ2n) is 12.1. The number of alkyl halides is 1. The van der Waals surface area contributed by atoms with Gasteiger partial charge in [-0.1, -0.05) is 83.3 Å². The second-order valence-corrected chi connectivity index (χ2v) is 12.1. The minimum atomic E-state index is -1.24. The number of aliphatic hydroxyl groups is 3. The van der Waals surface area contributed by atoms with Crippen LogP contribution in [0.3, 0.4) is 0 Å². The summed E-state index contributed by atoms with van der Waals surface area (Å²) in [6.45, 7) is 6.74. The number of amides is 5. The summed E-state index contributed by atoms with van der Waals surface area (Å²) in [5, 5.41) is 61.2. The molecule has 4 atom stereocenters. The van der Waals surface area contributed by atoms with E-state index in [0.717, 1.165) is 18.1 Å². The number of hydrogen-bond acceptors (Lipinski definition) is 17. The van der Waals surface area contributed by atoms with Crippen LogP contribution in [0.2, 0.25) is 0 Å². The Balaban J connectivity index is -0.000000137. The molecule has 396 valence electrons. The summed E-state index contributed by atoms with van der Waals surface area (Å²) in [7, 11) is 1.49. The van der Waals surface area contributed by atoms with Crippen LogP contribution < -0.4 is 32.3 Å². The summed E-state index contributed by atoms with van der Waals surface area (Å²) in [4.78, 5) is 106. The van der Waals surface area contributed by atoms with E-state index in [4.69, 9.17) is 49.2 Å². The molecule has 0 saturated carbocycles. The average Bonchev–Trinajstić information content (AvgIpc) is 3.27. The van der Waals surface area contributed by atoms with Gasteiger partial charge < -0.3 is 72.4 Å². The number of aliphatic hydroxyl groups excluding tert-OH is 3. The monoisotopic (exact) mass is 1270 g/mol. The summed E-state index contributed by atoms with van der Waals surface area (Å²) in [5.41, 5.74) is 6.73. The van der Waals surface area contributed by atoms with E-state index in [1.807, 2.05) is 70.9 Å². The molecule has 28 heteroatoms. The van der Waals surface area contributed by atoms with Gasteiger partial charge in [0.25, 0.3) is 5.97 Å². The van der Waals surface area contributed by atoms with Gasteiger partial charge in [-0.2, -0.15) is 0 Å². The van der Waals surface area contributed by atoms with Gasteiger partial charge in [0.1, 0.15) is 24.2 Å². The third-order valence-corrected chi connectivity index (χ3v) is 6.18. The van der Waals surface area contributed by atoms with Crippen LogP contribution in [-0.4, -0.2) is 153 Å². The molecule has 5 amide bonds. The Morgan fingerprint density at radius 1 is 0.574 bits per heavy atom. The quantitative estimate of drug-likeness (QED) is 0.0294. The Kier molecular flexibility index (Phi) is 60.4. The van der Waals surface area contributed by atoms with E-state index in [9.17, 15) is 43.2 Å². The first-order valence-corrected chi connectivity index (χ1v) is 21.5. The van der Waals surface area contributed by atoms with Crippen molar-refractivity contribution in [3.8, 4) is 0 Å². The van der Waals surface area contributed by atoms with Gasteiger partial charge in [0.05, 0.1) is 26.4 Å². The summed E-state index contributed by atoms with van der Waals surface area (Å²) in [6, 6.07) is 15.1. The number of rotatable bonds is 16. The minimum absolute atomic E-state index is 0. The van der Waals surface area contributed by atoms with Crippen molar-refractivity contribution in [3.05, 3.63) is 71.8 Å². The molecule has 2 aromatic carbocycles. The number of methoxy groups -OCH3 is 1. The van der Waals surface area contributed by atoms with Crippen LogP contribution in [0.1, 0.15) is 52.7 Å². The molecule has 2 rings (SSSR count). The van der Waals surface area contributed by atoms with Crippen LogP contribution in [-0.2, 0) is 117 Å². The zero-order chi connectivity index (χ0) is 53.5. The molecule has 0 bridgehead atoms. The summed E-state index contributed by atoms with van der Waals surface area (Å²) < 4.78 is 16.9. The molecule has 68 heavy (non-hydrogen) atoms. The van der Waals surface area contributed by atoms with E-state index in [1.165, 1.54) is 41.7 Å². The predicted octanol–water partition coefficient (Wildman–Crippen LogP) is -1.67. The number of carboxylic acid groups (broad SMARTS) is 3. The Morgan fingerprint density at radius 2 is 0.882 bits per heavy atom. The number of hydrogen-bond donors (Lipinski definition) is 12. The number of ether oxygens (including phenoxy) is 2. The van der Waals surface area contributed by atoms with Crippen molar-refractivity contribution in [2.45, 2.75) is 78.8 Å². The third kappa shape index (κ3) is 57.3. The van der Waals surface area contributed by atoms with Gasteiger partial charge in [-0.15, -0.1) is 0 Å². The van der Waals surface area contributed by atoms with Crippen molar-refractivity contribution in [1.29, 1.82) is 0 Å². The molecule has 0 aromatic heterocycles. The molecular formula is C40H63Ag2IN6O19. The Morgan fingerprint density at radius 3 is 1.09 bits per heavy atom. The number of benzene rings is 2. The van der Waals surface area contributed by atoms with Crippen molar-refractivity contribution in [3.63, 3.8) is 0 Å². The number of aliphatic carboxylic acids is 3. The molecule has 0 unspecified atom stereocenters. The fraction of sp³-hybridized carbons (Fsp3) is 0.450. The van der Waals surface area contributed by atoms with Crippen LogP contribution >= 0.6 is 22.6 Å². The molecule has 0 heterocycles. The number of nitrogens with one attached hydrogen (secondary N) is 5. The van der Waals surface area contributed by atoms with Gasteiger partial charge in [0, 0.05) is 84.1 Å². The van der Waals surface area contributed by atoms with E-state index in [-0.39, 0.29) is 46.7 Å². The average molecular weight is 1270 g/mol. The maximum atomic E-state index is 11.8. The van der Waals surface area contributed by atoms with E-state index >= 15 is 0 Å². The standard InChI is InChI=1S/C13H18N2O3.C12H16N2O3.C5H9NO4.C4H6O3.C3H7NO3.C2H4O2.CH3I.2Ag.O/c1-10(16)15-12(9-18-2)13(17)14-8-11-6-4-3-5-7-11;1-9(16)14-11(8-15)12(17)13-7-10-5-3-2-4-6-10;1-3(8)6-4(2-7)5(9)10;1-3(5)7-4(2)6;4-2(1-5)3(6)7;1-2(3)4;1-2;;;/h3-7,12H,8-9H2,1-2H3,(H,14,17)(H,15,16);2-6,11,15H,7-8H2,1H3,(H,13,17)(H,14,16);4,7H,2H2,1H3,(H,6,8)(H,9,10);1-2H3;2,5H,1,4H2,(H,6,7);1H3,(H,3,4);1H3;;;/t12-;11-;4-;;2-;;;;;/m111.1...../s1. The van der Waals surface area contributed by atoms with E-state index in [1.54, 1.807) is 21.0 Å². The number of halogens is 1. The zero-order valence-electron chi connectivity index (χ0n) is 38.4. The fourth-order valence-corrected chi connectivity index (χ4v) is 3.56. The first-order chi connectivity index (χ1) is 31.4. The Hall–Kier alpha value is -4.85. The van der Waals surface area contributed by atoms with Crippen molar-refractivity contribution < 1.29 is 135 Å². The number of esters is 2. The summed E-state index contributed by atoms with van der Waals surface area (Å²) in [6.07, 6.45) is 0. The Labute approximate surface area is 435 Å². The van der Waals surface area contributed by atoms with Crippen molar-refractivity contribution in [1.82, 2.24) is 26.6 Å². The molecule has 0 aliphatic carbocycles. The molecule has 0 aliphatic rings.